The molecule has 0 saturated carbocycles. The molecular formula is C32H57N7O12S3. The minimum absolute atomic E-state index is 0. The Morgan fingerprint density at radius 3 is 1.54 bits per heavy atom. The van der Waals surface area contributed by atoms with Crippen LogP contribution in [0.3, 0.4) is 0 Å². The summed E-state index contributed by atoms with van der Waals surface area (Å²) >= 11 is 2.10. The monoisotopic (exact) mass is 827 g/mol. The van der Waals surface area contributed by atoms with Crippen molar-refractivity contribution in [1.82, 2.24) is 16.0 Å². The van der Waals surface area contributed by atoms with Gasteiger partial charge in [-0.05, 0) is 61.3 Å². The van der Waals surface area contributed by atoms with E-state index >= 15 is 0 Å². The SMILES string of the molecule is C.CC(=O)CCC(=O)C(CSN=O)NC(=O)CCC(N)C(=O)O.CC(=O)NC(C(C)=O)C(C)(C)SN=O.CCCCC(=O)NC(C(C)=O)C(C)(C)SN=O. The lowest BCUT2D eigenvalue weighted by Gasteiger charge is -2.29. The second kappa shape index (κ2) is 30.7. The summed E-state index contributed by atoms with van der Waals surface area (Å²) in [4.78, 5) is 121. The molecule has 22 heteroatoms. The van der Waals surface area contributed by atoms with Crippen LogP contribution in [0.4, 0.5) is 0 Å². The Hall–Kier alpha value is -3.63. The molecule has 0 bridgehead atoms. The topological polar surface area (TPSA) is 307 Å². The standard InChI is InChI=1S/C12H19N3O6S.C11H20N2O3S.C8H14N2O3S.CH4/c1-7(16)2-4-10(17)9(6-22-15-21)14-11(18)5-3-8(13)12(19)20;1-5-6-7-9(15)12-10(8(2)14)11(3,4)17-13-16;1-5(11)7(9-6(2)12)8(3,4)14-10-13;/h8-9H,2-6,13H2,1H3,(H,14,18)(H,19,20);10H,5-7H2,1-4H3,(H,12,15);7H,1-4H3,(H,9,12);1H4. The van der Waals surface area contributed by atoms with Gasteiger partial charge in [-0.25, -0.2) is 0 Å². The molecule has 54 heavy (non-hydrogen) atoms. The highest BCUT2D eigenvalue weighted by molar-refractivity contribution is 7.99. The Balaban J connectivity index is -0.000000353. The van der Waals surface area contributed by atoms with Gasteiger partial charge in [0.1, 0.15) is 23.9 Å². The van der Waals surface area contributed by atoms with E-state index in [1.807, 2.05) is 6.92 Å². The number of carbonyl (C=O) groups excluding carboxylic acids is 7. The molecule has 0 saturated heterocycles. The summed E-state index contributed by atoms with van der Waals surface area (Å²) in [5.74, 6) is -3.19. The summed E-state index contributed by atoms with van der Waals surface area (Å²) < 4.78 is 6.53. The van der Waals surface area contributed by atoms with Crippen molar-refractivity contribution in [1.29, 1.82) is 0 Å². The first-order valence-corrected chi connectivity index (χ1v) is 18.8. The fourth-order valence-corrected chi connectivity index (χ4v) is 5.60. The van der Waals surface area contributed by atoms with Gasteiger partial charge < -0.3 is 31.6 Å². The Kier molecular flexibility index (Phi) is 32.4. The first-order valence-electron chi connectivity index (χ1n) is 16.3. The second-order valence-electron chi connectivity index (χ2n) is 12.6. The maximum Gasteiger partial charge on any atom is 0.320 e. The van der Waals surface area contributed by atoms with E-state index in [4.69, 9.17) is 10.8 Å². The molecule has 0 radical (unpaired) electrons. The van der Waals surface area contributed by atoms with Crippen molar-refractivity contribution in [2.24, 2.45) is 19.5 Å². The zero-order chi connectivity index (χ0) is 41.9. The molecule has 0 aliphatic heterocycles. The number of aliphatic carboxylic acids is 1. The molecule has 19 nitrogen and oxygen atoms in total. The van der Waals surface area contributed by atoms with Crippen LogP contribution >= 0.6 is 35.8 Å². The van der Waals surface area contributed by atoms with Crippen LogP contribution in [0.5, 0.6) is 0 Å². The fourth-order valence-electron chi connectivity index (χ4n) is 4.07. The van der Waals surface area contributed by atoms with Gasteiger partial charge in [0, 0.05) is 88.0 Å². The van der Waals surface area contributed by atoms with E-state index in [1.54, 1.807) is 27.7 Å². The number of nitroso groups, excluding NO2 is 3. The summed E-state index contributed by atoms with van der Waals surface area (Å²) in [5.41, 5.74) is 5.27. The molecule has 4 atom stereocenters. The number of hydrogen-bond acceptors (Lipinski definition) is 18. The van der Waals surface area contributed by atoms with E-state index < -0.39 is 45.5 Å². The highest BCUT2D eigenvalue weighted by Gasteiger charge is 2.36. The third-order valence-electron chi connectivity index (χ3n) is 6.90. The lowest BCUT2D eigenvalue weighted by atomic mass is 9.99. The van der Waals surface area contributed by atoms with Crippen molar-refractivity contribution < 1.29 is 43.5 Å². The molecule has 6 N–H and O–H groups in total. The third kappa shape index (κ3) is 27.9. The molecule has 0 rings (SSSR count). The molecule has 0 aliphatic carbocycles. The van der Waals surface area contributed by atoms with Crippen LogP contribution in [0, 0.1) is 14.7 Å². The van der Waals surface area contributed by atoms with Gasteiger partial charge in [-0.1, -0.05) is 20.8 Å². The summed E-state index contributed by atoms with van der Waals surface area (Å²) in [6.45, 7) is 14.2. The lowest BCUT2D eigenvalue weighted by molar-refractivity contribution is -0.139. The summed E-state index contributed by atoms with van der Waals surface area (Å²) in [6, 6.07) is -3.49. The van der Waals surface area contributed by atoms with Crippen LogP contribution in [0.1, 0.15) is 115 Å². The molecule has 4 unspecified atom stereocenters. The number of carbonyl (C=O) groups is 8. The number of amides is 3. The van der Waals surface area contributed by atoms with Gasteiger partial charge in [-0.15, -0.1) is 14.7 Å². The molecule has 0 spiro atoms. The van der Waals surface area contributed by atoms with Gasteiger partial charge >= 0.3 is 5.97 Å². The van der Waals surface area contributed by atoms with E-state index in [1.165, 1.54) is 27.7 Å². The number of ketones is 4. The molecule has 0 aliphatic rings. The van der Waals surface area contributed by atoms with E-state index in [9.17, 15) is 53.1 Å². The van der Waals surface area contributed by atoms with Crippen molar-refractivity contribution >= 4 is 82.7 Å². The normalized spacial score (nSPS) is 12.8. The highest BCUT2D eigenvalue weighted by Crippen LogP contribution is 2.30. The van der Waals surface area contributed by atoms with Crippen molar-refractivity contribution in [2.75, 3.05) is 5.75 Å². The summed E-state index contributed by atoms with van der Waals surface area (Å²) in [6.07, 6.45) is 1.87. The van der Waals surface area contributed by atoms with Crippen molar-refractivity contribution in [3.63, 3.8) is 0 Å². The zero-order valence-electron chi connectivity index (χ0n) is 31.5. The zero-order valence-corrected chi connectivity index (χ0v) is 34.0. The van der Waals surface area contributed by atoms with Crippen LogP contribution in [0.15, 0.2) is 13.7 Å². The van der Waals surface area contributed by atoms with Crippen LogP contribution in [0.2, 0.25) is 0 Å². The molecule has 310 valence electrons. The van der Waals surface area contributed by atoms with Gasteiger partial charge in [0.2, 0.25) is 17.7 Å². The van der Waals surface area contributed by atoms with Gasteiger partial charge in [0.25, 0.3) is 0 Å². The second-order valence-corrected chi connectivity index (χ2v) is 16.1. The average molecular weight is 828 g/mol. The molecule has 0 aromatic heterocycles. The van der Waals surface area contributed by atoms with Crippen LogP contribution in [-0.2, 0) is 38.4 Å². The van der Waals surface area contributed by atoms with Gasteiger partial charge in [0.15, 0.2) is 17.3 Å². The molecular weight excluding hydrogens is 771 g/mol. The smallest absolute Gasteiger partial charge is 0.320 e. The molecule has 3 amide bonds. The number of nitrogens with two attached hydrogens (primary N) is 1. The minimum Gasteiger partial charge on any atom is -0.480 e. The van der Waals surface area contributed by atoms with Crippen molar-refractivity contribution in [3.8, 4) is 0 Å². The fraction of sp³-hybridized carbons (Fsp3) is 0.750. The molecule has 0 heterocycles. The van der Waals surface area contributed by atoms with Crippen molar-refractivity contribution in [2.45, 2.75) is 148 Å². The largest absolute Gasteiger partial charge is 0.480 e. The lowest BCUT2D eigenvalue weighted by Crippen LogP contribution is -2.51. The Morgan fingerprint density at radius 1 is 0.704 bits per heavy atom. The first kappa shape index (κ1) is 57.1. The number of rotatable bonds is 25. The highest BCUT2D eigenvalue weighted by atomic mass is 32.2. The third-order valence-corrected chi connectivity index (χ3v) is 9.05. The quantitative estimate of drug-likeness (QED) is 0.0630. The minimum atomic E-state index is -1.22. The van der Waals surface area contributed by atoms with Crippen LogP contribution in [-0.4, -0.2) is 91.3 Å². The maximum atomic E-state index is 11.9. The van der Waals surface area contributed by atoms with Gasteiger partial charge in [-0.2, -0.15) is 0 Å². The van der Waals surface area contributed by atoms with E-state index in [0.717, 1.165) is 36.7 Å². The predicted octanol–water partition coefficient (Wildman–Crippen LogP) is 4.37. The van der Waals surface area contributed by atoms with E-state index in [0.29, 0.717) is 18.4 Å². The molecule has 0 aromatic carbocycles. The number of carboxylic acid groups (broad SMARTS) is 1. The maximum absolute atomic E-state index is 11.9. The Morgan fingerprint density at radius 2 is 1.17 bits per heavy atom. The molecule has 0 fully saturated rings. The number of unbranched alkanes of at least 4 members (excludes halogenated alkanes) is 1. The van der Waals surface area contributed by atoms with Gasteiger partial charge in [0.05, 0.1) is 15.5 Å². The average Bonchev–Trinajstić information content (AvgIpc) is 3.04. The van der Waals surface area contributed by atoms with Crippen LogP contribution < -0.4 is 21.7 Å². The summed E-state index contributed by atoms with van der Waals surface area (Å²) in [7, 11) is 0. The number of nitrogens with zero attached hydrogens (tertiary/aromatic N) is 3. The van der Waals surface area contributed by atoms with E-state index in [-0.39, 0.29) is 73.8 Å². The summed E-state index contributed by atoms with van der Waals surface area (Å²) in [5, 5.41) is 16.2. The molecule has 0 aromatic rings. The number of hydrogen-bond donors (Lipinski definition) is 5. The number of Topliss-reactive ketones (excluding diaryl/α,β-unsaturated/α-hetero) is 4. The van der Waals surface area contributed by atoms with E-state index in [2.05, 4.69) is 29.7 Å². The number of carboxylic acids is 1. The first-order chi connectivity index (χ1) is 24.4. The van der Waals surface area contributed by atoms with Gasteiger partial charge in [-0.3, -0.25) is 33.6 Å². The van der Waals surface area contributed by atoms with Crippen molar-refractivity contribution in [3.05, 3.63) is 14.7 Å². The Labute approximate surface area is 329 Å². The number of nitrogens with one attached hydrogen (secondary N) is 3. The predicted molar refractivity (Wildman–Crippen MR) is 212 cm³/mol. The van der Waals surface area contributed by atoms with Crippen LogP contribution in [0.25, 0.3) is 0 Å². The Bertz CT molecular complexity index is 1290.